The summed E-state index contributed by atoms with van der Waals surface area (Å²) in [4.78, 5) is 40.5. The lowest BCUT2D eigenvalue weighted by Gasteiger charge is -2.25. The zero-order valence-corrected chi connectivity index (χ0v) is 26.8. The van der Waals surface area contributed by atoms with Crippen molar-refractivity contribution in [2.75, 3.05) is 11.6 Å². The molecule has 2 amide bonds. The lowest BCUT2D eigenvalue weighted by molar-refractivity contribution is -0.125. The summed E-state index contributed by atoms with van der Waals surface area (Å²) in [7, 11) is -3.47. The van der Waals surface area contributed by atoms with Crippen molar-refractivity contribution >= 4 is 50.5 Å². The Morgan fingerprint density at radius 1 is 1.05 bits per heavy atom. The Morgan fingerprint density at radius 3 is 2.30 bits per heavy atom. The first kappa shape index (κ1) is 34.1. The molecule has 230 valence electrons. The molecule has 43 heavy (non-hydrogen) atoms. The van der Waals surface area contributed by atoms with Crippen LogP contribution in [0.1, 0.15) is 53.4 Å². The maximum Gasteiger partial charge on any atom is 0.275 e. The van der Waals surface area contributed by atoms with Crippen LogP contribution in [0.5, 0.6) is 0 Å². The van der Waals surface area contributed by atoms with Crippen molar-refractivity contribution in [2.24, 2.45) is 11.7 Å². The molecular formula is C31H36Cl2N4O5S. The summed E-state index contributed by atoms with van der Waals surface area (Å²) < 4.78 is 25.1. The van der Waals surface area contributed by atoms with E-state index in [2.05, 4.69) is 10.6 Å². The number of amides is 2. The summed E-state index contributed by atoms with van der Waals surface area (Å²) in [6, 6.07) is 11.8. The van der Waals surface area contributed by atoms with Crippen LogP contribution in [-0.4, -0.2) is 37.1 Å². The number of nitrogens with one attached hydrogen (secondary N) is 2. The number of rotatable bonds is 12. The van der Waals surface area contributed by atoms with Crippen LogP contribution < -0.4 is 21.9 Å². The number of nitrogens with zero attached hydrogens (tertiary/aromatic N) is 1. The molecule has 0 fully saturated rings. The minimum atomic E-state index is -3.47. The van der Waals surface area contributed by atoms with Crippen molar-refractivity contribution in [2.45, 2.75) is 52.2 Å². The molecule has 0 saturated carbocycles. The predicted octanol–water partition coefficient (Wildman–Crippen LogP) is 5.05. The van der Waals surface area contributed by atoms with Crippen molar-refractivity contribution in [1.82, 2.24) is 9.88 Å². The molecule has 9 nitrogen and oxygen atoms in total. The highest BCUT2D eigenvalue weighted by Gasteiger charge is 2.26. The second-order valence-electron chi connectivity index (χ2n) is 10.9. The molecule has 0 aliphatic carbocycles. The lowest BCUT2D eigenvalue weighted by atomic mass is 10.0. The average Bonchev–Trinajstić information content (AvgIpc) is 2.93. The first-order valence-electron chi connectivity index (χ1n) is 13.6. The Balaban J connectivity index is 1.97. The molecule has 0 unspecified atom stereocenters. The van der Waals surface area contributed by atoms with Gasteiger partial charge in [-0.15, -0.1) is 0 Å². The highest BCUT2D eigenvalue weighted by Crippen LogP contribution is 2.23. The molecule has 0 spiro atoms. The number of carbonyl (C=O) groups is 2. The van der Waals surface area contributed by atoms with Gasteiger partial charge in [-0.3, -0.25) is 14.4 Å². The molecule has 1 aromatic heterocycles. The quantitative estimate of drug-likeness (QED) is 0.252. The van der Waals surface area contributed by atoms with Crippen molar-refractivity contribution in [3.05, 3.63) is 109 Å². The van der Waals surface area contributed by atoms with Crippen LogP contribution in [0.4, 0.5) is 5.69 Å². The molecule has 3 aromatic rings. The van der Waals surface area contributed by atoms with Crippen LogP contribution in [0.3, 0.4) is 0 Å². The highest BCUT2D eigenvalue weighted by atomic mass is 35.5. The number of hydrogen-bond acceptors (Lipinski definition) is 6. The topological polar surface area (TPSA) is 140 Å². The third-order valence-electron chi connectivity index (χ3n) is 6.53. The van der Waals surface area contributed by atoms with Gasteiger partial charge in [-0.25, -0.2) is 8.42 Å². The maximum atomic E-state index is 13.8. The van der Waals surface area contributed by atoms with Gasteiger partial charge in [0, 0.05) is 29.4 Å². The van der Waals surface area contributed by atoms with Gasteiger partial charge in [0.25, 0.3) is 11.5 Å². The second-order valence-corrected chi connectivity index (χ2v) is 13.6. The summed E-state index contributed by atoms with van der Waals surface area (Å²) in [5.74, 6) is -1.09. The molecule has 4 N–H and O–H groups in total. The van der Waals surface area contributed by atoms with E-state index in [4.69, 9.17) is 28.9 Å². The fourth-order valence-electron chi connectivity index (χ4n) is 4.47. The normalized spacial score (nSPS) is 13.2. The van der Waals surface area contributed by atoms with Crippen LogP contribution >= 0.6 is 23.2 Å². The molecule has 1 heterocycles. The Bertz CT molecular complexity index is 1670. The number of aromatic nitrogens is 1. The first-order chi connectivity index (χ1) is 20.2. The Hall–Kier alpha value is -3.44. The molecule has 3 rings (SSSR count). The molecule has 12 heteroatoms. The van der Waals surface area contributed by atoms with Gasteiger partial charge in [-0.2, -0.15) is 0 Å². The van der Waals surface area contributed by atoms with Crippen LogP contribution in [0.2, 0.25) is 10.0 Å². The summed E-state index contributed by atoms with van der Waals surface area (Å²) in [5, 5.41) is 7.05. The van der Waals surface area contributed by atoms with E-state index in [1.54, 1.807) is 19.2 Å². The fraction of sp³-hybridized carbons (Fsp3) is 0.323. The Labute approximate surface area is 262 Å². The number of carbonyl (C=O) groups excluding carboxylic acids is 2. The van der Waals surface area contributed by atoms with E-state index in [-0.39, 0.29) is 22.2 Å². The standard InChI is InChI=1S/C31H36Cl2N4O5S/c1-19(2)13-28(30(39)35-24(11-12-43(4,41)42)15-21-5-7-22(17-34)8-6-21)37-18-20(3)14-27(31(37)40)36-29(38)25-16-23(32)9-10-26(25)33/h5-12,14,16,18-19,24,28H,13,15,17,34H2,1-4H3,(H,35,39)(H,36,38)/b12-11+/t24-,28+/m1/s1. The van der Waals surface area contributed by atoms with E-state index in [9.17, 15) is 22.8 Å². The number of anilines is 1. The van der Waals surface area contributed by atoms with Gasteiger partial charge < -0.3 is 20.9 Å². The minimum Gasteiger partial charge on any atom is -0.348 e. The second kappa shape index (κ2) is 14.8. The summed E-state index contributed by atoms with van der Waals surface area (Å²) in [5.41, 5.74) is 7.60. The van der Waals surface area contributed by atoms with Crippen molar-refractivity contribution < 1.29 is 18.0 Å². The SMILES string of the molecule is Cc1cc(NC(=O)c2cc(Cl)ccc2Cl)c(=O)n([C@@H](CC(C)C)C(=O)N[C@H](/C=C/S(C)(=O)=O)Cc2ccc(CN)cc2)c1. The van der Waals surface area contributed by atoms with Crippen LogP contribution in [-0.2, 0) is 27.6 Å². The van der Waals surface area contributed by atoms with Crippen molar-refractivity contribution in [1.29, 1.82) is 0 Å². The molecule has 0 aliphatic heterocycles. The molecule has 2 aromatic carbocycles. The largest absolute Gasteiger partial charge is 0.348 e. The molecular weight excluding hydrogens is 611 g/mol. The van der Waals surface area contributed by atoms with Gasteiger partial charge >= 0.3 is 0 Å². The van der Waals surface area contributed by atoms with Gasteiger partial charge in [0.15, 0.2) is 9.84 Å². The third kappa shape index (κ3) is 10.1. The van der Waals surface area contributed by atoms with E-state index in [0.29, 0.717) is 30.0 Å². The molecule has 0 bridgehead atoms. The summed E-state index contributed by atoms with van der Waals surface area (Å²) in [6.07, 6.45) is 4.66. The van der Waals surface area contributed by atoms with Gasteiger partial charge in [0.2, 0.25) is 5.91 Å². The van der Waals surface area contributed by atoms with E-state index in [0.717, 1.165) is 22.8 Å². The monoisotopic (exact) mass is 646 g/mol. The number of halogens is 2. The number of hydrogen-bond donors (Lipinski definition) is 3. The molecule has 0 aliphatic rings. The van der Waals surface area contributed by atoms with Crippen LogP contribution in [0.25, 0.3) is 0 Å². The predicted molar refractivity (Wildman–Crippen MR) is 172 cm³/mol. The van der Waals surface area contributed by atoms with Gasteiger partial charge in [0.1, 0.15) is 11.7 Å². The lowest BCUT2D eigenvalue weighted by Crippen LogP contribution is -2.43. The first-order valence-corrected chi connectivity index (χ1v) is 16.3. The molecule has 0 radical (unpaired) electrons. The zero-order chi connectivity index (χ0) is 31.9. The number of benzene rings is 2. The number of sulfone groups is 1. The van der Waals surface area contributed by atoms with E-state index in [1.165, 1.54) is 28.8 Å². The van der Waals surface area contributed by atoms with Crippen LogP contribution in [0, 0.1) is 12.8 Å². The van der Waals surface area contributed by atoms with Gasteiger partial charge in [0.05, 0.1) is 16.6 Å². The summed E-state index contributed by atoms with van der Waals surface area (Å²) in [6.45, 7) is 5.96. The molecule has 0 saturated heterocycles. The third-order valence-corrected chi connectivity index (χ3v) is 7.75. The Morgan fingerprint density at radius 2 is 1.70 bits per heavy atom. The summed E-state index contributed by atoms with van der Waals surface area (Å²) >= 11 is 12.2. The fourth-order valence-corrected chi connectivity index (χ4v) is 5.32. The highest BCUT2D eigenvalue weighted by molar-refractivity contribution is 7.93. The van der Waals surface area contributed by atoms with E-state index >= 15 is 0 Å². The number of pyridine rings is 1. The van der Waals surface area contributed by atoms with Crippen LogP contribution in [0.15, 0.2) is 71.0 Å². The Kier molecular flexibility index (Phi) is 11.7. The maximum absolute atomic E-state index is 13.8. The number of aryl methyl sites for hydroxylation is 1. The average molecular weight is 648 g/mol. The van der Waals surface area contributed by atoms with Crippen molar-refractivity contribution in [3.8, 4) is 0 Å². The van der Waals surface area contributed by atoms with E-state index in [1.807, 2.05) is 38.1 Å². The minimum absolute atomic E-state index is 0.0142. The van der Waals surface area contributed by atoms with Gasteiger partial charge in [-0.1, -0.05) is 67.4 Å². The number of nitrogens with two attached hydrogens (primary N) is 1. The van der Waals surface area contributed by atoms with Crippen molar-refractivity contribution in [3.63, 3.8) is 0 Å². The molecule has 2 atom stereocenters. The van der Waals surface area contributed by atoms with Gasteiger partial charge in [-0.05, 0) is 66.6 Å². The smallest absolute Gasteiger partial charge is 0.275 e. The zero-order valence-electron chi connectivity index (χ0n) is 24.4. The van der Waals surface area contributed by atoms with E-state index < -0.39 is 39.3 Å².